The Kier molecular flexibility index (Phi) is 2.76. The molecular formula is C14H17NO. The number of ether oxygens (including phenoxy) is 1. The van der Waals surface area contributed by atoms with E-state index in [1.165, 1.54) is 11.3 Å². The van der Waals surface area contributed by atoms with Gasteiger partial charge in [0.05, 0.1) is 18.8 Å². The molecule has 2 atom stereocenters. The second-order valence-electron chi connectivity index (χ2n) is 4.18. The summed E-state index contributed by atoms with van der Waals surface area (Å²) < 4.78 is 5.24. The normalized spacial score (nSPS) is 23.7. The molecule has 1 saturated heterocycles. The van der Waals surface area contributed by atoms with Crippen molar-refractivity contribution in [2.45, 2.75) is 13.0 Å². The van der Waals surface area contributed by atoms with Crippen LogP contribution < -0.4 is 4.74 Å². The van der Waals surface area contributed by atoms with Gasteiger partial charge in [-0.2, -0.15) is 0 Å². The van der Waals surface area contributed by atoms with Crippen LogP contribution in [-0.4, -0.2) is 19.1 Å². The van der Waals surface area contributed by atoms with Gasteiger partial charge in [0.15, 0.2) is 0 Å². The minimum atomic E-state index is 0.416. The van der Waals surface area contributed by atoms with Crippen molar-refractivity contribution in [1.82, 2.24) is 4.90 Å². The lowest BCUT2D eigenvalue weighted by molar-refractivity contribution is 0.126. The Bertz CT molecular complexity index is 434. The van der Waals surface area contributed by atoms with Crippen molar-refractivity contribution >= 4 is 0 Å². The molecule has 2 rings (SSSR count). The first kappa shape index (κ1) is 10.8. The van der Waals surface area contributed by atoms with Gasteiger partial charge in [0.25, 0.3) is 0 Å². The van der Waals surface area contributed by atoms with Crippen molar-refractivity contribution in [2.75, 3.05) is 14.2 Å². The molecular weight excluding hydrogens is 198 g/mol. The average Bonchev–Trinajstić information content (AvgIpc) is 2.30. The van der Waals surface area contributed by atoms with E-state index in [0.717, 1.165) is 5.75 Å². The molecule has 0 radical (unpaired) electrons. The summed E-state index contributed by atoms with van der Waals surface area (Å²) in [7, 11) is 3.78. The number of likely N-dealkylation sites (tertiary alicyclic amines) is 1. The smallest absolute Gasteiger partial charge is 0.119 e. The Morgan fingerprint density at radius 3 is 2.75 bits per heavy atom. The fourth-order valence-corrected chi connectivity index (χ4v) is 2.50. The van der Waals surface area contributed by atoms with Gasteiger partial charge >= 0.3 is 0 Å². The predicted octanol–water partition coefficient (Wildman–Crippen LogP) is 2.99. The fraction of sp³-hybridized carbons (Fsp3) is 0.357. The molecule has 0 saturated carbocycles. The van der Waals surface area contributed by atoms with E-state index in [9.17, 15) is 0 Å². The molecule has 0 N–H and O–H groups in total. The quantitative estimate of drug-likeness (QED) is 0.703. The van der Waals surface area contributed by atoms with E-state index in [4.69, 9.17) is 4.74 Å². The van der Waals surface area contributed by atoms with Crippen molar-refractivity contribution in [3.8, 4) is 5.75 Å². The van der Waals surface area contributed by atoms with Crippen molar-refractivity contribution in [3.05, 3.63) is 47.8 Å². The van der Waals surface area contributed by atoms with E-state index >= 15 is 0 Å². The number of benzene rings is 1. The van der Waals surface area contributed by atoms with Crippen LogP contribution in [0.4, 0.5) is 0 Å². The third-order valence-corrected chi connectivity index (χ3v) is 3.32. The molecule has 0 aliphatic carbocycles. The largest absolute Gasteiger partial charge is 0.497 e. The van der Waals surface area contributed by atoms with Crippen molar-refractivity contribution < 1.29 is 4.74 Å². The van der Waals surface area contributed by atoms with Crippen molar-refractivity contribution in [2.24, 2.45) is 5.92 Å². The SMILES string of the molecule is C=C=C1C(C)C(c2cccc(OC)c2)N1C. The zero-order valence-corrected chi connectivity index (χ0v) is 10.0. The third-order valence-electron chi connectivity index (χ3n) is 3.32. The Balaban J connectivity index is 2.29. The second kappa shape index (κ2) is 4.07. The highest BCUT2D eigenvalue weighted by molar-refractivity contribution is 5.35. The third kappa shape index (κ3) is 1.52. The molecule has 1 aliphatic heterocycles. The van der Waals surface area contributed by atoms with E-state index in [2.05, 4.69) is 43.3 Å². The van der Waals surface area contributed by atoms with Crippen molar-refractivity contribution in [1.29, 1.82) is 0 Å². The van der Waals surface area contributed by atoms with Crippen LogP contribution in [0.3, 0.4) is 0 Å². The number of hydrogen-bond acceptors (Lipinski definition) is 2. The molecule has 2 heteroatoms. The number of nitrogens with zero attached hydrogens (tertiary/aromatic N) is 1. The van der Waals surface area contributed by atoms with Gasteiger partial charge in [-0.05, 0) is 17.7 Å². The zero-order valence-electron chi connectivity index (χ0n) is 10.0. The number of methoxy groups -OCH3 is 1. The van der Waals surface area contributed by atoms with Crippen LogP contribution in [0, 0.1) is 5.92 Å². The second-order valence-corrected chi connectivity index (χ2v) is 4.18. The Labute approximate surface area is 96.8 Å². The number of hydrogen-bond donors (Lipinski definition) is 0. The first-order valence-electron chi connectivity index (χ1n) is 5.45. The molecule has 0 amide bonds. The minimum Gasteiger partial charge on any atom is -0.497 e. The summed E-state index contributed by atoms with van der Waals surface area (Å²) in [5.74, 6) is 1.39. The Morgan fingerprint density at radius 1 is 1.44 bits per heavy atom. The lowest BCUT2D eigenvalue weighted by atomic mass is 9.82. The number of rotatable bonds is 2. The van der Waals surface area contributed by atoms with Gasteiger partial charge in [-0.25, -0.2) is 0 Å². The van der Waals surface area contributed by atoms with Gasteiger partial charge < -0.3 is 9.64 Å². The minimum absolute atomic E-state index is 0.416. The molecule has 1 aliphatic rings. The maximum absolute atomic E-state index is 5.24. The molecule has 2 nitrogen and oxygen atoms in total. The highest BCUT2D eigenvalue weighted by atomic mass is 16.5. The van der Waals surface area contributed by atoms with Gasteiger partial charge in [0.2, 0.25) is 0 Å². The Morgan fingerprint density at radius 2 is 2.19 bits per heavy atom. The van der Waals surface area contributed by atoms with Crippen LogP contribution in [-0.2, 0) is 0 Å². The van der Waals surface area contributed by atoms with Crippen LogP contribution in [0.25, 0.3) is 0 Å². The lowest BCUT2D eigenvalue weighted by Gasteiger charge is -2.47. The molecule has 1 aromatic carbocycles. The van der Waals surface area contributed by atoms with E-state index in [-0.39, 0.29) is 0 Å². The van der Waals surface area contributed by atoms with Gasteiger partial charge in [-0.1, -0.05) is 25.6 Å². The summed E-state index contributed by atoms with van der Waals surface area (Å²) >= 11 is 0. The summed E-state index contributed by atoms with van der Waals surface area (Å²) in [5, 5.41) is 0. The van der Waals surface area contributed by atoms with Crippen LogP contribution in [0.5, 0.6) is 5.75 Å². The van der Waals surface area contributed by atoms with Crippen LogP contribution in [0.2, 0.25) is 0 Å². The van der Waals surface area contributed by atoms with E-state index in [1.807, 2.05) is 12.1 Å². The van der Waals surface area contributed by atoms with Gasteiger partial charge in [-0.15, -0.1) is 5.73 Å². The molecule has 0 bridgehead atoms. The molecule has 1 aromatic rings. The summed E-state index contributed by atoms with van der Waals surface area (Å²) in [5.41, 5.74) is 5.46. The highest BCUT2D eigenvalue weighted by Gasteiger charge is 2.38. The monoisotopic (exact) mass is 215 g/mol. The fourth-order valence-electron chi connectivity index (χ4n) is 2.50. The van der Waals surface area contributed by atoms with Crippen LogP contribution in [0.1, 0.15) is 18.5 Å². The maximum atomic E-state index is 5.24. The molecule has 0 aromatic heterocycles. The molecule has 1 fully saturated rings. The molecule has 16 heavy (non-hydrogen) atoms. The van der Waals surface area contributed by atoms with Crippen molar-refractivity contribution in [3.63, 3.8) is 0 Å². The summed E-state index contributed by atoms with van der Waals surface area (Å²) in [6.45, 7) is 5.92. The molecule has 2 unspecified atom stereocenters. The maximum Gasteiger partial charge on any atom is 0.119 e. The molecule has 0 spiro atoms. The highest BCUT2D eigenvalue weighted by Crippen LogP contribution is 2.45. The molecule has 1 heterocycles. The summed E-state index contributed by atoms with van der Waals surface area (Å²) in [4.78, 5) is 2.21. The summed E-state index contributed by atoms with van der Waals surface area (Å²) in [6, 6.07) is 8.65. The van der Waals surface area contributed by atoms with Gasteiger partial charge in [0.1, 0.15) is 5.75 Å². The van der Waals surface area contributed by atoms with Gasteiger partial charge in [0, 0.05) is 13.0 Å². The van der Waals surface area contributed by atoms with E-state index in [0.29, 0.717) is 12.0 Å². The lowest BCUT2D eigenvalue weighted by Crippen LogP contribution is -2.42. The van der Waals surface area contributed by atoms with Gasteiger partial charge in [-0.3, -0.25) is 0 Å². The molecule has 84 valence electrons. The topological polar surface area (TPSA) is 12.5 Å². The van der Waals surface area contributed by atoms with Crippen LogP contribution >= 0.6 is 0 Å². The average molecular weight is 215 g/mol. The van der Waals surface area contributed by atoms with Crippen LogP contribution in [0.15, 0.2) is 42.3 Å². The summed E-state index contributed by atoms with van der Waals surface area (Å²) in [6.07, 6.45) is 0. The van der Waals surface area contributed by atoms with E-state index < -0.39 is 0 Å². The predicted molar refractivity (Wildman–Crippen MR) is 65.3 cm³/mol. The van der Waals surface area contributed by atoms with E-state index in [1.54, 1.807) is 7.11 Å². The zero-order chi connectivity index (χ0) is 11.7. The first-order chi connectivity index (χ1) is 7.69. The standard InChI is InChI=1S/C14H17NO/c1-5-13-10(2)14(15(13)3)11-7-6-8-12(9-11)16-4/h6-10,14H,1H2,2-4H3. The first-order valence-corrected chi connectivity index (χ1v) is 5.45. The Hall–Kier alpha value is -1.66.